The van der Waals surface area contributed by atoms with Gasteiger partial charge < -0.3 is 10.1 Å². The Kier molecular flexibility index (Phi) is 4.50. The van der Waals surface area contributed by atoms with Crippen molar-refractivity contribution in [2.45, 2.75) is 6.54 Å². The van der Waals surface area contributed by atoms with E-state index in [9.17, 15) is 4.79 Å². The summed E-state index contributed by atoms with van der Waals surface area (Å²) in [5.74, 6) is -0.367. The van der Waals surface area contributed by atoms with Gasteiger partial charge in [0.15, 0.2) is 0 Å². The predicted octanol–water partition coefficient (Wildman–Crippen LogP) is 1.14. The molecule has 4 heteroatoms. The first-order chi connectivity index (χ1) is 7.27. The minimum absolute atomic E-state index is 0.367. The van der Waals surface area contributed by atoms with Crippen LogP contribution in [-0.4, -0.2) is 24.6 Å². The average Bonchev–Trinajstić information content (AvgIpc) is 2.29. The number of carbonyl (C=O) groups is 1. The lowest BCUT2D eigenvalue weighted by atomic mass is 10.2. The second kappa shape index (κ2) is 5.93. The molecule has 0 unspecified atom stereocenters. The molecule has 80 valence electrons. The summed E-state index contributed by atoms with van der Waals surface area (Å²) in [6, 6.07) is 3.49. The number of rotatable bonds is 5. The van der Waals surface area contributed by atoms with Crippen LogP contribution in [0.1, 0.15) is 16.1 Å². The summed E-state index contributed by atoms with van der Waals surface area (Å²) in [4.78, 5) is 15.2. The summed E-state index contributed by atoms with van der Waals surface area (Å²) >= 11 is 0. The molecular weight excluding hydrogens is 192 g/mol. The zero-order valence-corrected chi connectivity index (χ0v) is 8.69. The summed E-state index contributed by atoms with van der Waals surface area (Å²) in [6.45, 7) is 4.99. The number of methoxy groups -OCH3 is 1. The first-order valence-electron chi connectivity index (χ1n) is 4.62. The number of ether oxygens (including phenoxy) is 1. The summed E-state index contributed by atoms with van der Waals surface area (Å²) in [6.07, 6.45) is 3.29. The molecule has 1 rings (SSSR count). The summed E-state index contributed by atoms with van der Waals surface area (Å²) in [5.41, 5.74) is 1.34. The number of hydrogen-bond acceptors (Lipinski definition) is 4. The molecule has 0 atom stereocenters. The van der Waals surface area contributed by atoms with Crippen molar-refractivity contribution in [3.63, 3.8) is 0 Å². The third-order valence-electron chi connectivity index (χ3n) is 1.84. The summed E-state index contributed by atoms with van der Waals surface area (Å²) in [7, 11) is 1.35. The maximum Gasteiger partial charge on any atom is 0.339 e. The molecule has 0 radical (unpaired) electrons. The quantitative estimate of drug-likeness (QED) is 0.446. The van der Waals surface area contributed by atoms with Crippen molar-refractivity contribution in [2.75, 3.05) is 13.7 Å². The fourth-order valence-electron chi connectivity index (χ4n) is 1.07. The zero-order valence-electron chi connectivity index (χ0n) is 8.69. The van der Waals surface area contributed by atoms with E-state index in [4.69, 9.17) is 0 Å². The Balaban J connectivity index is 2.56. The molecule has 15 heavy (non-hydrogen) atoms. The highest BCUT2D eigenvalue weighted by Gasteiger charge is 2.04. The normalized spacial score (nSPS) is 9.67. The number of aromatic nitrogens is 1. The number of pyridine rings is 1. The molecule has 1 aromatic rings. The van der Waals surface area contributed by atoms with Crippen LogP contribution in [0.2, 0.25) is 0 Å². The van der Waals surface area contributed by atoms with E-state index in [2.05, 4.69) is 21.6 Å². The molecule has 1 heterocycles. The second-order valence-electron chi connectivity index (χ2n) is 2.95. The number of nitrogens with one attached hydrogen (secondary N) is 1. The van der Waals surface area contributed by atoms with Crippen molar-refractivity contribution < 1.29 is 9.53 Å². The lowest BCUT2D eigenvalue weighted by Gasteiger charge is -2.02. The molecule has 0 fully saturated rings. The Labute approximate surface area is 89.0 Å². The van der Waals surface area contributed by atoms with Gasteiger partial charge >= 0.3 is 5.97 Å². The molecular formula is C11H14N2O2. The molecule has 0 spiro atoms. The predicted molar refractivity (Wildman–Crippen MR) is 57.5 cm³/mol. The van der Waals surface area contributed by atoms with Crippen molar-refractivity contribution in [3.05, 3.63) is 42.2 Å². The average molecular weight is 206 g/mol. The third-order valence-corrected chi connectivity index (χ3v) is 1.84. The molecule has 0 aliphatic rings. The maximum atomic E-state index is 11.1. The number of carbonyl (C=O) groups excluding carboxylic acids is 1. The Morgan fingerprint density at radius 1 is 1.67 bits per heavy atom. The molecule has 0 saturated heterocycles. The molecule has 0 aliphatic heterocycles. The minimum atomic E-state index is -0.367. The van der Waals surface area contributed by atoms with E-state index in [1.54, 1.807) is 18.2 Å². The monoisotopic (exact) mass is 206 g/mol. The molecule has 0 bridgehead atoms. The molecule has 0 saturated carbocycles. The van der Waals surface area contributed by atoms with E-state index in [1.807, 2.05) is 0 Å². The Bertz CT molecular complexity index is 333. The van der Waals surface area contributed by atoms with Crippen LogP contribution >= 0.6 is 0 Å². The fourth-order valence-corrected chi connectivity index (χ4v) is 1.07. The number of nitrogens with zero attached hydrogens (tertiary/aromatic N) is 1. The van der Waals surface area contributed by atoms with Crippen molar-refractivity contribution in [3.8, 4) is 0 Å². The van der Waals surface area contributed by atoms with Gasteiger partial charge in [0.1, 0.15) is 0 Å². The first-order valence-corrected chi connectivity index (χ1v) is 4.62. The maximum absolute atomic E-state index is 11.1. The minimum Gasteiger partial charge on any atom is -0.465 e. The lowest BCUT2D eigenvalue weighted by Crippen LogP contribution is -2.14. The van der Waals surface area contributed by atoms with Gasteiger partial charge in [-0.15, -0.1) is 6.58 Å². The van der Waals surface area contributed by atoms with Gasteiger partial charge in [-0.25, -0.2) is 4.79 Å². The highest BCUT2D eigenvalue weighted by molar-refractivity contribution is 5.88. The van der Waals surface area contributed by atoms with Crippen LogP contribution in [0.25, 0.3) is 0 Å². The van der Waals surface area contributed by atoms with Crippen LogP contribution in [0.15, 0.2) is 31.0 Å². The second-order valence-corrected chi connectivity index (χ2v) is 2.95. The highest BCUT2D eigenvalue weighted by atomic mass is 16.5. The van der Waals surface area contributed by atoms with Crippen molar-refractivity contribution in [1.82, 2.24) is 10.3 Å². The molecule has 1 N–H and O–H groups in total. The van der Waals surface area contributed by atoms with Crippen LogP contribution < -0.4 is 5.32 Å². The third kappa shape index (κ3) is 3.52. The van der Waals surface area contributed by atoms with Crippen LogP contribution in [-0.2, 0) is 11.3 Å². The molecule has 0 aliphatic carbocycles. The topological polar surface area (TPSA) is 51.2 Å². The van der Waals surface area contributed by atoms with Gasteiger partial charge in [-0.2, -0.15) is 0 Å². The van der Waals surface area contributed by atoms with Crippen molar-refractivity contribution in [2.24, 2.45) is 0 Å². The van der Waals surface area contributed by atoms with E-state index in [1.165, 1.54) is 13.3 Å². The van der Waals surface area contributed by atoms with E-state index >= 15 is 0 Å². The Hall–Kier alpha value is -1.68. The lowest BCUT2D eigenvalue weighted by molar-refractivity contribution is 0.0600. The van der Waals surface area contributed by atoms with Crippen LogP contribution in [0.4, 0.5) is 0 Å². The van der Waals surface area contributed by atoms with Gasteiger partial charge in [0.2, 0.25) is 0 Å². The van der Waals surface area contributed by atoms with Crippen LogP contribution in [0.3, 0.4) is 0 Å². The van der Waals surface area contributed by atoms with Gasteiger partial charge in [-0.05, 0) is 12.1 Å². The Morgan fingerprint density at radius 2 is 2.47 bits per heavy atom. The largest absolute Gasteiger partial charge is 0.465 e. The van der Waals surface area contributed by atoms with Crippen LogP contribution in [0, 0.1) is 0 Å². The van der Waals surface area contributed by atoms with E-state index in [0.29, 0.717) is 12.1 Å². The SMILES string of the molecule is C=CCNCc1ccc(C(=O)OC)cn1. The van der Waals surface area contributed by atoms with Gasteiger partial charge in [0.05, 0.1) is 18.4 Å². The van der Waals surface area contributed by atoms with Crippen LogP contribution in [0.5, 0.6) is 0 Å². The van der Waals surface area contributed by atoms with E-state index in [0.717, 1.165) is 12.2 Å². The molecule has 0 aromatic carbocycles. The van der Waals surface area contributed by atoms with Gasteiger partial charge in [-0.1, -0.05) is 6.08 Å². The smallest absolute Gasteiger partial charge is 0.339 e. The molecule has 4 nitrogen and oxygen atoms in total. The van der Waals surface area contributed by atoms with Gasteiger partial charge in [0, 0.05) is 19.3 Å². The first kappa shape index (κ1) is 11.4. The number of hydrogen-bond donors (Lipinski definition) is 1. The molecule has 1 aromatic heterocycles. The van der Waals surface area contributed by atoms with E-state index in [-0.39, 0.29) is 5.97 Å². The van der Waals surface area contributed by atoms with Crippen molar-refractivity contribution in [1.29, 1.82) is 0 Å². The van der Waals surface area contributed by atoms with Gasteiger partial charge in [0.25, 0.3) is 0 Å². The highest BCUT2D eigenvalue weighted by Crippen LogP contribution is 2.01. The molecule has 0 amide bonds. The van der Waals surface area contributed by atoms with Crippen molar-refractivity contribution >= 4 is 5.97 Å². The standard InChI is InChI=1S/C11H14N2O2/c1-3-6-12-8-10-5-4-9(7-13-10)11(14)15-2/h3-5,7,12H,1,6,8H2,2H3. The summed E-state index contributed by atoms with van der Waals surface area (Å²) < 4.78 is 4.57. The fraction of sp³-hybridized carbons (Fsp3) is 0.273. The zero-order chi connectivity index (χ0) is 11.1. The number of esters is 1. The summed E-state index contributed by atoms with van der Waals surface area (Å²) in [5, 5.41) is 3.12. The van der Waals surface area contributed by atoms with Gasteiger partial charge in [-0.3, -0.25) is 4.98 Å². The van der Waals surface area contributed by atoms with E-state index < -0.39 is 0 Å². The Morgan fingerprint density at radius 3 is 3.00 bits per heavy atom.